The molecule has 0 aliphatic heterocycles. The average Bonchev–Trinajstić information content (AvgIpc) is 3.18. The van der Waals surface area contributed by atoms with Crippen molar-refractivity contribution in [2.24, 2.45) is 0 Å². The van der Waals surface area contributed by atoms with E-state index in [1.54, 1.807) is 0 Å². The molecule has 53 heavy (non-hydrogen) atoms. The Kier molecular flexibility index (Phi) is 12.6. The molecule has 6 aromatic carbocycles. The molecule has 0 saturated carbocycles. The van der Waals surface area contributed by atoms with Crippen LogP contribution in [0, 0.1) is 0 Å². The smallest absolute Gasteiger partial charge is 0.741 e. The SMILES string of the molecule is O=S(=O)([O-])C(F)(F)F.[Ag+].c1ccc(-c2nc3ccccc3nc2-c2ccccc2)cc1.c1ccc(-c2nc3ccccc3nc2-c2ccccc2)cc1. The first-order valence-electron chi connectivity index (χ1n) is 15.9. The molecule has 2 heterocycles. The summed E-state index contributed by atoms with van der Waals surface area (Å²) >= 11 is 0. The van der Waals surface area contributed by atoms with Crippen LogP contribution in [-0.2, 0) is 32.5 Å². The maximum absolute atomic E-state index is 10.7. The first-order chi connectivity index (χ1) is 25.1. The number of rotatable bonds is 4. The molecular weight excluding hydrogens is 793 g/mol. The third kappa shape index (κ3) is 9.66. The van der Waals surface area contributed by atoms with Crippen LogP contribution in [0.5, 0.6) is 0 Å². The molecule has 0 spiro atoms. The minimum absolute atomic E-state index is 0. The number of aromatic nitrogens is 4. The van der Waals surface area contributed by atoms with E-state index >= 15 is 0 Å². The zero-order chi connectivity index (χ0) is 36.6. The summed E-state index contributed by atoms with van der Waals surface area (Å²) in [5, 5.41) is 0. The van der Waals surface area contributed by atoms with Gasteiger partial charge >= 0.3 is 27.9 Å². The van der Waals surface area contributed by atoms with Crippen molar-refractivity contribution in [3.63, 3.8) is 0 Å². The molecule has 0 bridgehead atoms. The Labute approximate surface area is 319 Å². The monoisotopic (exact) mass is 820 g/mol. The fourth-order valence-corrected chi connectivity index (χ4v) is 5.19. The van der Waals surface area contributed by atoms with Gasteiger partial charge in [0.1, 0.15) is 0 Å². The van der Waals surface area contributed by atoms with Gasteiger partial charge in [-0.3, -0.25) is 0 Å². The van der Waals surface area contributed by atoms with Crippen molar-refractivity contribution in [3.8, 4) is 45.0 Å². The largest absolute Gasteiger partial charge is 1.00 e. The molecule has 0 fully saturated rings. The molecule has 8 aromatic rings. The van der Waals surface area contributed by atoms with Gasteiger partial charge in [0, 0.05) is 22.3 Å². The number of alkyl halides is 3. The van der Waals surface area contributed by atoms with Gasteiger partial charge in [0.2, 0.25) is 0 Å². The molecule has 0 N–H and O–H groups in total. The van der Waals surface area contributed by atoms with Crippen molar-refractivity contribution < 1.29 is 48.5 Å². The molecule has 0 atom stereocenters. The molecular formula is C41H28AgF3N4O3S. The second-order valence-electron chi connectivity index (χ2n) is 11.2. The van der Waals surface area contributed by atoms with E-state index in [1.165, 1.54) is 0 Å². The second kappa shape index (κ2) is 17.3. The average molecular weight is 822 g/mol. The molecule has 8 rings (SSSR count). The van der Waals surface area contributed by atoms with E-state index in [1.807, 2.05) is 121 Å². The molecule has 0 aliphatic rings. The topological polar surface area (TPSA) is 109 Å². The minimum atomic E-state index is -6.09. The maximum atomic E-state index is 10.7. The fraction of sp³-hybridized carbons (Fsp3) is 0.0244. The maximum Gasteiger partial charge on any atom is 1.00 e. The summed E-state index contributed by atoms with van der Waals surface area (Å²) in [6.07, 6.45) is 0. The van der Waals surface area contributed by atoms with Gasteiger partial charge in [-0.25, -0.2) is 28.4 Å². The Bertz CT molecular complexity index is 2220. The summed E-state index contributed by atoms with van der Waals surface area (Å²) in [6, 6.07) is 56.9. The van der Waals surface area contributed by atoms with E-state index in [-0.39, 0.29) is 22.4 Å². The number of para-hydroxylation sites is 4. The number of hydrogen-bond acceptors (Lipinski definition) is 7. The van der Waals surface area contributed by atoms with Crippen LogP contribution in [0.25, 0.3) is 67.1 Å². The first-order valence-corrected chi connectivity index (χ1v) is 17.3. The third-order valence-corrected chi connectivity index (χ3v) is 8.18. The number of nitrogens with zero attached hydrogens (tertiary/aromatic N) is 4. The summed E-state index contributed by atoms with van der Waals surface area (Å²) in [7, 11) is -6.09. The number of hydrogen-bond donors (Lipinski definition) is 0. The van der Waals surface area contributed by atoms with Gasteiger partial charge in [-0.15, -0.1) is 0 Å². The predicted molar refractivity (Wildman–Crippen MR) is 197 cm³/mol. The van der Waals surface area contributed by atoms with Crippen molar-refractivity contribution in [1.82, 2.24) is 19.9 Å². The molecule has 2 aromatic heterocycles. The van der Waals surface area contributed by atoms with Crippen molar-refractivity contribution >= 4 is 32.2 Å². The van der Waals surface area contributed by atoms with E-state index in [9.17, 15) is 13.2 Å². The zero-order valence-electron chi connectivity index (χ0n) is 27.5. The fourth-order valence-electron chi connectivity index (χ4n) is 5.19. The summed E-state index contributed by atoms with van der Waals surface area (Å²) in [6.45, 7) is 0. The Hall–Kier alpha value is -5.56. The van der Waals surface area contributed by atoms with Crippen LogP contribution in [0.1, 0.15) is 0 Å². The summed E-state index contributed by atoms with van der Waals surface area (Å²) in [5.74, 6) is 0. The number of halogens is 3. The second-order valence-corrected chi connectivity index (χ2v) is 12.6. The van der Waals surface area contributed by atoms with Gasteiger partial charge in [0.15, 0.2) is 10.1 Å². The van der Waals surface area contributed by atoms with Crippen molar-refractivity contribution in [2.75, 3.05) is 0 Å². The molecule has 12 heteroatoms. The molecule has 0 radical (unpaired) electrons. The van der Waals surface area contributed by atoms with E-state index in [2.05, 4.69) is 48.5 Å². The van der Waals surface area contributed by atoms with Crippen LogP contribution in [0.3, 0.4) is 0 Å². The molecule has 0 amide bonds. The van der Waals surface area contributed by atoms with Gasteiger partial charge < -0.3 is 4.55 Å². The Morgan fingerprint density at radius 1 is 0.377 bits per heavy atom. The summed E-state index contributed by atoms with van der Waals surface area (Å²) < 4.78 is 58.9. The Balaban J connectivity index is 0.000000168. The Morgan fingerprint density at radius 3 is 0.717 bits per heavy atom. The quantitative estimate of drug-likeness (QED) is 0.0988. The standard InChI is InChI=1S/2C20H14N2.CHF3O3S.Ag/c2*1-3-9-15(10-4-1)19-20(16-11-5-2-6-12-16)22-18-14-8-7-13-17(18)21-19;2-1(3,4)8(5,6)7;/h2*1-14H;(H,5,6,7);/q;;;+1/p-1. The van der Waals surface area contributed by atoms with Gasteiger partial charge in [0.25, 0.3) is 0 Å². The van der Waals surface area contributed by atoms with Crippen LogP contribution < -0.4 is 0 Å². The summed E-state index contributed by atoms with van der Waals surface area (Å²) in [5.41, 5.74) is 6.04. The Morgan fingerprint density at radius 2 is 0.547 bits per heavy atom. The van der Waals surface area contributed by atoms with E-state index in [0.29, 0.717) is 0 Å². The van der Waals surface area contributed by atoms with Crippen LogP contribution in [0.15, 0.2) is 170 Å². The van der Waals surface area contributed by atoms with E-state index in [0.717, 1.165) is 67.1 Å². The zero-order valence-corrected chi connectivity index (χ0v) is 29.8. The number of fused-ring (bicyclic) bond motifs is 2. The van der Waals surface area contributed by atoms with Crippen LogP contribution in [-0.4, -0.2) is 38.4 Å². The van der Waals surface area contributed by atoms with Crippen molar-refractivity contribution in [3.05, 3.63) is 170 Å². The van der Waals surface area contributed by atoms with E-state index in [4.69, 9.17) is 32.9 Å². The van der Waals surface area contributed by atoms with Gasteiger partial charge in [0.05, 0.1) is 44.8 Å². The van der Waals surface area contributed by atoms with Gasteiger partial charge in [-0.2, -0.15) is 13.2 Å². The minimum Gasteiger partial charge on any atom is -0.741 e. The molecule has 0 aliphatic carbocycles. The number of benzene rings is 6. The van der Waals surface area contributed by atoms with Crippen LogP contribution in [0.2, 0.25) is 0 Å². The first kappa shape index (κ1) is 38.7. The molecule has 0 unspecified atom stereocenters. The third-order valence-electron chi connectivity index (χ3n) is 7.61. The molecule has 7 nitrogen and oxygen atoms in total. The van der Waals surface area contributed by atoms with Crippen molar-refractivity contribution in [2.45, 2.75) is 5.51 Å². The normalized spacial score (nSPS) is 11.0. The molecule has 0 saturated heterocycles. The predicted octanol–water partition coefficient (Wildman–Crippen LogP) is 9.98. The summed E-state index contributed by atoms with van der Waals surface area (Å²) in [4.78, 5) is 19.4. The molecule has 268 valence electrons. The van der Waals surface area contributed by atoms with Crippen molar-refractivity contribution in [1.29, 1.82) is 0 Å². The van der Waals surface area contributed by atoms with Crippen LogP contribution in [0.4, 0.5) is 13.2 Å². The van der Waals surface area contributed by atoms with Crippen LogP contribution >= 0.6 is 0 Å². The van der Waals surface area contributed by atoms with Gasteiger partial charge in [-0.1, -0.05) is 146 Å². The van der Waals surface area contributed by atoms with E-state index < -0.39 is 15.6 Å². The van der Waals surface area contributed by atoms with Gasteiger partial charge in [-0.05, 0) is 24.3 Å².